The summed E-state index contributed by atoms with van der Waals surface area (Å²) in [5, 5.41) is 0. The van der Waals surface area contributed by atoms with E-state index in [9.17, 15) is 8.42 Å². The molecule has 0 aliphatic heterocycles. The minimum atomic E-state index is -4.22. The van der Waals surface area contributed by atoms with Gasteiger partial charge in [0.1, 0.15) is 0 Å². The number of unbranched alkanes of at least 4 members (excludes halogenated alkanes) is 7. The van der Waals surface area contributed by atoms with Crippen LogP contribution >= 0.6 is 0 Å². The topological polar surface area (TPSA) is 81.4 Å². The monoisotopic (exact) mass is 348 g/mol. The zero-order valence-corrected chi connectivity index (χ0v) is 15.3. The molecule has 0 saturated carbocycles. The molecule has 0 unspecified atom stereocenters. The van der Waals surface area contributed by atoms with E-state index in [4.69, 9.17) is 4.55 Å². The van der Waals surface area contributed by atoms with Crippen LogP contribution in [0.3, 0.4) is 0 Å². The van der Waals surface area contributed by atoms with Gasteiger partial charge in [0.15, 0.2) is 0 Å². The molecule has 1 rings (SSSR count). The molecular formula is C16H32N2O4S. The third-order valence-corrected chi connectivity index (χ3v) is 3.77. The Morgan fingerprint density at radius 1 is 1.00 bits per heavy atom. The van der Waals surface area contributed by atoms with Gasteiger partial charge in [0.05, 0.1) is 12.9 Å². The largest absolute Gasteiger partial charge is 0.397 e. The molecule has 1 heterocycles. The van der Waals surface area contributed by atoms with E-state index in [0.29, 0.717) is 6.42 Å². The number of hydrogen-bond donors (Lipinski definition) is 1. The van der Waals surface area contributed by atoms with Crippen LogP contribution in [0.2, 0.25) is 0 Å². The van der Waals surface area contributed by atoms with Crippen LogP contribution < -0.4 is 0 Å². The molecule has 1 aromatic rings. The number of hydrogen-bond acceptors (Lipinski definition) is 4. The van der Waals surface area contributed by atoms with Gasteiger partial charge in [0, 0.05) is 18.9 Å². The zero-order valence-electron chi connectivity index (χ0n) is 14.5. The standard InChI is InChI=1S/C8H14N2.C8H18O4S/c1-2-3-4-6-10-7-5-9-8-10;1-2-3-4-5-6-7-8-12-13(9,10)11/h5,7-8H,2-4,6H2,1H3;2-8H2,1H3,(H,9,10,11). The van der Waals surface area contributed by atoms with Gasteiger partial charge in [0.25, 0.3) is 0 Å². The molecule has 0 amide bonds. The molecular weight excluding hydrogens is 316 g/mol. The Balaban J connectivity index is 0.000000433. The predicted octanol–water partition coefficient (Wildman–Crippen LogP) is 4.24. The third-order valence-electron chi connectivity index (χ3n) is 3.31. The van der Waals surface area contributed by atoms with Crippen LogP contribution in [0.1, 0.15) is 71.6 Å². The molecule has 0 radical (unpaired) electrons. The van der Waals surface area contributed by atoms with Gasteiger partial charge in [-0.15, -0.1) is 0 Å². The average Bonchev–Trinajstić information content (AvgIpc) is 3.00. The molecule has 1 N–H and O–H groups in total. The van der Waals surface area contributed by atoms with Crippen LogP contribution in [0.15, 0.2) is 18.7 Å². The fourth-order valence-corrected chi connectivity index (χ4v) is 2.34. The summed E-state index contributed by atoms with van der Waals surface area (Å²) in [6.45, 7) is 5.56. The van der Waals surface area contributed by atoms with Crippen molar-refractivity contribution in [2.45, 2.75) is 78.2 Å². The molecule has 0 atom stereocenters. The molecule has 136 valence electrons. The Kier molecular flexibility index (Phi) is 14.1. The summed E-state index contributed by atoms with van der Waals surface area (Å²) >= 11 is 0. The average molecular weight is 349 g/mol. The molecule has 0 fully saturated rings. The minimum absolute atomic E-state index is 0.0883. The van der Waals surface area contributed by atoms with Gasteiger partial charge in [-0.1, -0.05) is 58.8 Å². The Bertz CT molecular complexity index is 447. The molecule has 6 nitrogen and oxygen atoms in total. The number of rotatable bonds is 12. The first-order chi connectivity index (χ1) is 11.0. The van der Waals surface area contributed by atoms with Gasteiger partial charge in [0.2, 0.25) is 0 Å². The van der Waals surface area contributed by atoms with Crippen LogP contribution in [0, 0.1) is 0 Å². The van der Waals surface area contributed by atoms with Crippen molar-refractivity contribution in [1.29, 1.82) is 0 Å². The molecule has 23 heavy (non-hydrogen) atoms. The van der Waals surface area contributed by atoms with Crippen LogP contribution in [0.5, 0.6) is 0 Å². The van der Waals surface area contributed by atoms with Crippen molar-refractivity contribution in [1.82, 2.24) is 9.55 Å². The summed E-state index contributed by atoms with van der Waals surface area (Å²) in [4.78, 5) is 3.96. The molecule has 0 spiro atoms. The number of aryl methyl sites for hydroxylation is 1. The van der Waals surface area contributed by atoms with Crippen molar-refractivity contribution < 1.29 is 17.2 Å². The van der Waals surface area contributed by atoms with E-state index in [1.165, 1.54) is 38.5 Å². The van der Waals surface area contributed by atoms with Gasteiger partial charge in [-0.05, 0) is 12.8 Å². The van der Waals surface area contributed by atoms with Gasteiger partial charge >= 0.3 is 10.4 Å². The highest BCUT2D eigenvalue weighted by Crippen LogP contribution is 2.05. The van der Waals surface area contributed by atoms with E-state index < -0.39 is 10.4 Å². The van der Waals surface area contributed by atoms with Crippen molar-refractivity contribution >= 4 is 10.4 Å². The Hall–Kier alpha value is -0.920. The van der Waals surface area contributed by atoms with Gasteiger partial charge in [-0.3, -0.25) is 4.55 Å². The summed E-state index contributed by atoms with van der Waals surface area (Å²) in [6.07, 6.45) is 15.9. The first-order valence-electron chi connectivity index (χ1n) is 8.57. The number of imidazole rings is 1. The minimum Gasteiger partial charge on any atom is -0.337 e. The van der Waals surface area contributed by atoms with E-state index in [2.05, 4.69) is 27.6 Å². The third kappa shape index (κ3) is 17.3. The second-order valence-corrected chi connectivity index (χ2v) is 6.62. The van der Waals surface area contributed by atoms with Crippen LogP contribution in [0.4, 0.5) is 0 Å². The highest BCUT2D eigenvalue weighted by Gasteiger charge is 2.02. The molecule has 7 heteroatoms. The van der Waals surface area contributed by atoms with Crippen molar-refractivity contribution in [3.05, 3.63) is 18.7 Å². The first-order valence-corrected chi connectivity index (χ1v) is 9.93. The highest BCUT2D eigenvalue weighted by atomic mass is 32.3. The van der Waals surface area contributed by atoms with Crippen molar-refractivity contribution in [3.63, 3.8) is 0 Å². The Morgan fingerprint density at radius 3 is 2.17 bits per heavy atom. The van der Waals surface area contributed by atoms with E-state index >= 15 is 0 Å². The summed E-state index contributed by atoms with van der Waals surface area (Å²) in [6, 6.07) is 0. The summed E-state index contributed by atoms with van der Waals surface area (Å²) in [5.41, 5.74) is 0. The van der Waals surface area contributed by atoms with Gasteiger partial charge in [-0.25, -0.2) is 9.17 Å². The maximum absolute atomic E-state index is 10.1. The van der Waals surface area contributed by atoms with E-state index in [1.807, 2.05) is 18.7 Å². The molecule has 0 aliphatic carbocycles. The smallest absolute Gasteiger partial charge is 0.337 e. The van der Waals surface area contributed by atoms with Gasteiger partial charge in [-0.2, -0.15) is 8.42 Å². The maximum atomic E-state index is 10.1. The van der Waals surface area contributed by atoms with Gasteiger partial charge < -0.3 is 4.57 Å². The predicted molar refractivity (Wildman–Crippen MR) is 92.6 cm³/mol. The van der Waals surface area contributed by atoms with E-state index in [0.717, 1.165) is 19.4 Å². The molecule has 0 aromatic carbocycles. The van der Waals surface area contributed by atoms with Crippen LogP contribution in [0.25, 0.3) is 0 Å². The normalized spacial score (nSPS) is 11.1. The lowest BCUT2D eigenvalue weighted by Crippen LogP contribution is -2.04. The maximum Gasteiger partial charge on any atom is 0.397 e. The number of nitrogens with zero attached hydrogens (tertiary/aromatic N) is 2. The van der Waals surface area contributed by atoms with Crippen molar-refractivity contribution in [2.75, 3.05) is 6.61 Å². The SMILES string of the molecule is CCCCCCCCOS(=O)(=O)O.CCCCCn1ccnc1. The molecule has 1 aromatic heterocycles. The summed E-state index contributed by atoms with van der Waals surface area (Å²) in [5.74, 6) is 0. The van der Waals surface area contributed by atoms with Crippen molar-refractivity contribution in [3.8, 4) is 0 Å². The molecule has 0 saturated heterocycles. The summed E-state index contributed by atoms with van der Waals surface area (Å²) in [7, 11) is -4.22. The quantitative estimate of drug-likeness (QED) is 0.451. The van der Waals surface area contributed by atoms with Crippen molar-refractivity contribution in [2.24, 2.45) is 0 Å². The number of aromatic nitrogens is 2. The van der Waals surface area contributed by atoms with Crippen LogP contribution in [-0.4, -0.2) is 29.1 Å². The fourth-order valence-electron chi connectivity index (χ4n) is 2.01. The molecule has 0 aliphatic rings. The lowest BCUT2D eigenvalue weighted by atomic mass is 10.1. The lowest BCUT2D eigenvalue weighted by Gasteiger charge is -2.00. The van der Waals surface area contributed by atoms with E-state index in [-0.39, 0.29) is 6.61 Å². The highest BCUT2D eigenvalue weighted by molar-refractivity contribution is 7.80. The zero-order chi connectivity index (χ0) is 17.4. The first kappa shape index (κ1) is 22.1. The second kappa shape index (κ2) is 14.7. The Labute approximate surface area is 141 Å². The second-order valence-electron chi connectivity index (χ2n) is 5.53. The van der Waals surface area contributed by atoms with E-state index in [1.54, 1.807) is 0 Å². The summed E-state index contributed by atoms with van der Waals surface area (Å²) < 4.78 is 34.7. The Morgan fingerprint density at radius 2 is 1.61 bits per heavy atom. The van der Waals surface area contributed by atoms with Crippen LogP contribution in [-0.2, 0) is 21.1 Å². The molecule has 0 bridgehead atoms. The fraction of sp³-hybridized carbons (Fsp3) is 0.812. The lowest BCUT2D eigenvalue weighted by molar-refractivity contribution is 0.261.